The highest BCUT2D eigenvalue weighted by atomic mass is 16.5. The second-order valence-electron chi connectivity index (χ2n) is 4.23. The summed E-state index contributed by atoms with van der Waals surface area (Å²) < 4.78 is 5.11. The van der Waals surface area contributed by atoms with Crippen LogP contribution in [-0.2, 0) is 9.53 Å². The highest BCUT2D eigenvalue weighted by Crippen LogP contribution is 2.08. The third kappa shape index (κ3) is 5.78. The van der Waals surface area contributed by atoms with Gasteiger partial charge in [-0.25, -0.2) is 0 Å². The van der Waals surface area contributed by atoms with Gasteiger partial charge in [0.05, 0.1) is 13.0 Å². The molecule has 15 heavy (non-hydrogen) atoms. The molecule has 0 bridgehead atoms. The number of esters is 1. The highest BCUT2D eigenvalue weighted by Gasteiger charge is 2.11. The molecule has 0 aromatic carbocycles. The number of carbonyl (C=O) groups is 1. The summed E-state index contributed by atoms with van der Waals surface area (Å²) in [4.78, 5) is 13.7. The van der Waals surface area contributed by atoms with Gasteiger partial charge in [0.25, 0.3) is 0 Å². The fourth-order valence-electron chi connectivity index (χ4n) is 1.83. The number of likely N-dealkylation sites (tertiary alicyclic amines) is 1. The Morgan fingerprint density at radius 3 is 2.67 bits per heavy atom. The Labute approximate surface area is 92.8 Å². The van der Waals surface area contributed by atoms with Gasteiger partial charge < -0.3 is 9.64 Å². The van der Waals surface area contributed by atoms with Crippen LogP contribution in [0.1, 0.15) is 45.4 Å². The molecule has 0 aromatic heterocycles. The summed E-state index contributed by atoms with van der Waals surface area (Å²) in [6.45, 7) is 5.88. The van der Waals surface area contributed by atoms with Crippen molar-refractivity contribution in [1.82, 2.24) is 4.90 Å². The van der Waals surface area contributed by atoms with Crippen molar-refractivity contribution < 1.29 is 9.53 Å². The SMILES string of the molecule is CCCCOC(=O)CCN1CCCCC1. The fourth-order valence-corrected chi connectivity index (χ4v) is 1.83. The molecule has 3 heteroatoms. The van der Waals surface area contributed by atoms with Crippen molar-refractivity contribution in [3.8, 4) is 0 Å². The van der Waals surface area contributed by atoms with E-state index in [0.29, 0.717) is 13.0 Å². The minimum Gasteiger partial charge on any atom is -0.466 e. The number of ether oxygens (including phenoxy) is 1. The standard InChI is InChI=1S/C12H23NO2/c1-2-3-11-15-12(14)7-10-13-8-5-4-6-9-13/h2-11H2,1H3. The molecule has 1 rings (SSSR count). The first kappa shape index (κ1) is 12.5. The van der Waals surface area contributed by atoms with Crippen LogP contribution in [0.3, 0.4) is 0 Å². The van der Waals surface area contributed by atoms with Crippen LogP contribution in [-0.4, -0.2) is 37.1 Å². The van der Waals surface area contributed by atoms with Crippen LogP contribution in [0.5, 0.6) is 0 Å². The van der Waals surface area contributed by atoms with Crippen molar-refractivity contribution in [3.63, 3.8) is 0 Å². The lowest BCUT2D eigenvalue weighted by Crippen LogP contribution is -2.31. The molecule has 0 aromatic rings. The summed E-state index contributed by atoms with van der Waals surface area (Å²) in [6, 6.07) is 0. The molecule has 0 radical (unpaired) electrons. The summed E-state index contributed by atoms with van der Waals surface area (Å²) in [5.41, 5.74) is 0. The van der Waals surface area contributed by atoms with Gasteiger partial charge in [-0.3, -0.25) is 4.79 Å². The highest BCUT2D eigenvalue weighted by molar-refractivity contribution is 5.69. The number of unbranched alkanes of at least 4 members (excludes halogenated alkanes) is 1. The normalized spacial score (nSPS) is 17.7. The molecular formula is C12H23NO2. The van der Waals surface area contributed by atoms with Gasteiger partial charge in [0.2, 0.25) is 0 Å². The van der Waals surface area contributed by atoms with E-state index >= 15 is 0 Å². The van der Waals surface area contributed by atoms with Gasteiger partial charge in [-0.15, -0.1) is 0 Å². The lowest BCUT2D eigenvalue weighted by atomic mass is 10.1. The Morgan fingerprint density at radius 1 is 1.27 bits per heavy atom. The molecule has 88 valence electrons. The maximum Gasteiger partial charge on any atom is 0.307 e. The molecule has 1 saturated heterocycles. The molecule has 0 aliphatic carbocycles. The van der Waals surface area contributed by atoms with E-state index in [9.17, 15) is 4.79 Å². The van der Waals surface area contributed by atoms with Crippen molar-refractivity contribution in [2.24, 2.45) is 0 Å². The Kier molecular flexibility index (Phi) is 6.41. The van der Waals surface area contributed by atoms with E-state index in [1.807, 2.05) is 0 Å². The largest absolute Gasteiger partial charge is 0.466 e. The van der Waals surface area contributed by atoms with Crippen LogP contribution in [0.15, 0.2) is 0 Å². The van der Waals surface area contributed by atoms with E-state index in [4.69, 9.17) is 4.74 Å². The number of nitrogens with zero attached hydrogens (tertiary/aromatic N) is 1. The predicted octanol–water partition coefficient (Wildman–Crippen LogP) is 2.21. The monoisotopic (exact) mass is 213 g/mol. The second kappa shape index (κ2) is 7.69. The predicted molar refractivity (Wildman–Crippen MR) is 60.8 cm³/mol. The van der Waals surface area contributed by atoms with E-state index in [-0.39, 0.29) is 5.97 Å². The summed E-state index contributed by atoms with van der Waals surface area (Å²) in [5.74, 6) is -0.0333. The first-order valence-corrected chi connectivity index (χ1v) is 6.21. The van der Waals surface area contributed by atoms with Crippen molar-refractivity contribution in [2.45, 2.75) is 45.4 Å². The van der Waals surface area contributed by atoms with Crippen molar-refractivity contribution >= 4 is 5.97 Å². The second-order valence-corrected chi connectivity index (χ2v) is 4.23. The van der Waals surface area contributed by atoms with Gasteiger partial charge in [0.1, 0.15) is 0 Å². The molecule has 0 unspecified atom stereocenters. The van der Waals surface area contributed by atoms with E-state index < -0.39 is 0 Å². The molecule has 0 saturated carbocycles. The zero-order chi connectivity index (χ0) is 10.9. The van der Waals surface area contributed by atoms with Crippen molar-refractivity contribution in [1.29, 1.82) is 0 Å². The van der Waals surface area contributed by atoms with Crippen LogP contribution >= 0.6 is 0 Å². The molecule has 1 aliphatic rings. The van der Waals surface area contributed by atoms with Gasteiger partial charge in [-0.2, -0.15) is 0 Å². The molecule has 0 atom stereocenters. The van der Waals surface area contributed by atoms with E-state index in [1.54, 1.807) is 0 Å². The van der Waals surface area contributed by atoms with E-state index in [1.165, 1.54) is 19.3 Å². The molecular weight excluding hydrogens is 190 g/mol. The van der Waals surface area contributed by atoms with E-state index in [0.717, 1.165) is 32.5 Å². The van der Waals surface area contributed by atoms with Crippen LogP contribution in [0.25, 0.3) is 0 Å². The molecule has 1 aliphatic heterocycles. The van der Waals surface area contributed by atoms with Crippen LogP contribution in [0.4, 0.5) is 0 Å². The lowest BCUT2D eigenvalue weighted by molar-refractivity contribution is -0.144. The van der Waals surface area contributed by atoms with Crippen molar-refractivity contribution in [2.75, 3.05) is 26.2 Å². The van der Waals surface area contributed by atoms with Gasteiger partial charge >= 0.3 is 5.97 Å². The zero-order valence-corrected chi connectivity index (χ0v) is 9.83. The van der Waals surface area contributed by atoms with Crippen molar-refractivity contribution in [3.05, 3.63) is 0 Å². The molecule has 0 spiro atoms. The number of rotatable bonds is 6. The van der Waals surface area contributed by atoms with Crippen LogP contribution in [0.2, 0.25) is 0 Å². The lowest BCUT2D eigenvalue weighted by Gasteiger charge is -2.25. The maximum atomic E-state index is 11.3. The number of hydrogen-bond donors (Lipinski definition) is 0. The topological polar surface area (TPSA) is 29.5 Å². The summed E-state index contributed by atoms with van der Waals surface area (Å²) in [7, 11) is 0. The van der Waals surface area contributed by atoms with Gasteiger partial charge in [-0.1, -0.05) is 19.8 Å². The number of carbonyl (C=O) groups excluding carboxylic acids is 1. The van der Waals surface area contributed by atoms with Crippen LogP contribution < -0.4 is 0 Å². The first-order valence-electron chi connectivity index (χ1n) is 6.21. The zero-order valence-electron chi connectivity index (χ0n) is 9.83. The first-order chi connectivity index (χ1) is 7.33. The van der Waals surface area contributed by atoms with E-state index in [2.05, 4.69) is 11.8 Å². The molecule has 1 heterocycles. The molecule has 0 amide bonds. The minimum absolute atomic E-state index is 0.0333. The summed E-state index contributed by atoms with van der Waals surface area (Å²) in [5, 5.41) is 0. The van der Waals surface area contributed by atoms with Gasteiger partial charge in [0, 0.05) is 6.54 Å². The van der Waals surface area contributed by atoms with Crippen LogP contribution in [0, 0.1) is 0 Å². The summed E-state index contributed by atoms with van der Waals surface area (Å²) in [6.07, 6.45) is 6.53. The third-order valence-electron chi connectivity index (χ3n) is 2.84. The Morgan fingerprint density at radius 2 is 2.00 bits per heavy atom. The number of hydrogen-bond acceptors (Lipinski definition) is 3. The Balaban J connectivity index is 2.00. The fraction of sp³-hybridized carbons (Fsp3) is 0.917. The van der Waals surface area contributed by atoms with Gasteiger partial charge in [-0.05, 0) is 32.4 Å². The Bertz CT molecular complexity index is 176. The average Bonchev–Trinajstić information content (AvgIpc) is 2.28. The quantitative estimate of drug-likeness (QED) is 0.500. The molecule has 1 fully saturated rings. The average molecular weight is 213 g/mol. The maximum absolute atomic E-state index is 11.3. The van der Waals surface area contributed by atoms with Gasteiger partial charge in [0.15, 0.2) is 0 Å². The molecule has 3 nitrogen and oxygen atoms in total. The Hall–Kier alpha value is -0.570. The minimum atomic E-state index is -0.0333. The molecule has 0 N–H and O–H groups in total. The summed E-state index contributed by atoms with van der Waals surface area (Å²) >= 11 is 0. The third-order valence-corrected chi connectivity index (χ3v) is 2.84. The smallest absolute Gasteiger partial charge is 0.307 e. The number of piperidine rings is 1.